The predicted molar refractivity (Wildman–Crippen MR) is 77.1 cm³/mol. The number of carbonyl (C=O) groups is 1. The summed E-state index contributed by atoms with van der Waals surface area (Å²) in [4.78, 5) is 11.9. The zero-order valence-corrected chi connectivity index (χ0v) is 12.3. The first-order chi connectivity index (χ1) is 11.0. The third-order valence-electron chi connectivity index (χ3n) is 3.67. The van der Waals surface area contributed by atoms with Gasteiger partial charge in [-0.1, -0.05) is 0 Å². The number of ether oxygens (including phenoxy) is 1. The van der Waals surface area contributed by atoms with Crippen molar-refractivity contribution in [1.29, 1.82) is 0 Å². The van der Waals surface area contributed by atoms with Gasteiger partial charge in [0, 0.05) is 6.42 Å². The first-order valence-corrected chi connectivity index (χ1v) is 7.17. The van der Waals surface area contributed by atoms with Gasteiger partial charge in [-0.05, 0) is 24.3 Å². The van der Waals surface area contributed by atoms with Gasteiger partial charge in [-0.15, -0.1) is 0 Å². The fourth-order valence-electron chi connectivity index (χ4n) is 2.36. The smallest absolute Gasteiger partial charge is 0.158 e. The van der Waals surface area contributed by atoms with Crippen LogP contribution in [0.2, 0.25) is 0 Å². The topological polar surface area (TPSA) is 141 Å². The maximum absolute atomic E-state index is 11.9. The highest BCUT2D eigenvalue weighted by Gasteiger charge is 2.43. The molecule has 2 rings (SSSR count). The summed E-state index contributed by atoms with van der Waals surface area (Å²) in [5, 5.41) is 47.1. The minimum absolute atomic E-state index is 0.231. The number of hydrogen-bond acceptors (Lipinski definition) is 8. The summed E-state index contributed by atoms with van der Waals surface area (Å²) in [5.41, 5.74) is 0. The number of carbonyl (C=O) groups excluding carboxylic acids is 1. The van der Waals surface area contributed by atoms with Gasteiger partial charge in [0.15, 0.2) is 5.78 Å². The standard InChI is InChI=1S/C15H20O8/c16-6-10-4-3-9(22-10)2-1-8(18)5-11-13(19)15(21)14(20)12(7-17)23-11/h1-4,11-17,19-21H,5-7H2/b2-1+/t11-,12+,13-,14-,15+/m0/s1. The number of aliphatic hydroxyl groups is 5. The first-order valence-electron chi connectivity index (χ1n) is 7.17. The molecule has 5 N–H and O–H groups in total. The average molecular weight is 328 g/mol. The maximum Gasteiger partial charge on any atom is 0.158 e. The van der Waals surface area contributed by atoms with Crippen LogP contribution in [-0.4, -0.2) is 68.4 Å². The molecule has 8 heteroatoms. The van der Waals surface area contributed by atoms with Crippen LogP contribution in [0.15, 0.2) is 22.6 Å². The van der Waals surface area contributed by atoms with Crippen LogP contribution in [0.25, 0.3) is 6.08 Å². The van der Waals surface area contributed by atoms with Gasteiger partial charge in [-0.2, -0.15) is 0 Å². The SMILES string of the molecule is O=C(/C=C/c1ccc(CO)o1)C[C@@H]1O[C@H](CO)[C@H](O)[C@H](O)[C@H]1O. The molecule has 8 nitrogen and oxygen atoms in total. The normalized spacial score (nSPS) is 31.6. The van der Waals surface area contributed by atoms with Gasteiger partial charge in [0.05, 0.1) is 12.7 Å². The Morgan fingerprint density at radius 3 is 2.39 bits per heavy atom. The molecular formula is C15H20O8. The Labute approximate surface area is 132 Å². The monoisotopic (exact) mass is 328 g/mol. The van der Waals surface area contributed by atoms with Gasteiger partial charge >= 0.3 is 0 Å². The lowest BCUT2D eigenvalue weighted by Gasteiger charge is -2.39. The van der Waals surface area contributed by atoms with Gasteiger partial charge in [-0.25, -0.2) is 0 Å². The Morgan fingerprint density at radius 2 is 1.78 bits per heavy atom. The molecule has 1 fully saturated rings. The van der Waals surface area contributed by atoms with E-state index in [1.54, 1.807) is 12.1 Å². The lowest BCUT2D eigenvalue weighted by Crippen LogP contribution is -2.58. The molecule has 23 heavy (non-hydrogen) atoms. The molecule has 0 aromatic carbocycles. The summed E-state index contributed by atoms with van der Waals surface area (Å²) < 4.78 is 10.4. The van der Waals surface area contributed by atoms with E-state index in [1.165, 1.54) is 12.2 Å². The largest absolute Gasteiger partial charge is 0.459 e. The average Bonchev–Trinajstić information content (AvgIpc) is 3.01. The number of aliphatic hydroxyl groups excluding tert-OH is 5. The van der Waals surface area contributed by atoms with Crippen LogP contribution in [-0.2, 0) is 16.1 Å². The van der Waals surface area contributed by atoms with Gasteiger partial charge < -0.3 is 34.7 Å². The number of rotatable bonds is 6. The van der Waals surface area contributed by atoms with E-state index in [-0.39, 0.29) is 13.0 Å². The molecule has 128 valence electrons. The minimum Gasteiger partial charge on any atom is -0.459 e. The van der Waals surface area contributed by atoms with Crippen molar-refractivity contribution in [3.63, 3.8) is 0 Å². The molecule has 0 bridgehead atoms. The molecular weight excluding hydrogens is 308 g/mol. The number of allylic oxidation sites excluding steroid dienone is 1. The van der Waals surface area contributed by atoms with Crippen molar-refractivity contribution in [2.45, 2.75) is 43.5 Å². The second kappa shape index (κ2) is 7.82. The molecule has 0 saturated carbocycles. The first kappa shape index (κ1) is 17.8. The van der Waals surface area contributed by atoms with E-state index in [1.807, 2.05) is 0 Å². The van der Waals surface area contributed by atoms with Crippen LogP contribution in [0.1, 0.15) is 17.9 Å². The molecule has 2 heterocycles. The van der Waals surface area contributed by atoms with Gasteiger partial charge in [-0.3, -0.25) is 4.79 Å². The van der Waals surface area contributed by atoms with Crippen molar-refractivity contribution in [2.75, 3.05) is 6.61 Å². The van der Waals surface area contributed by atoms with E-state index in [2.05, 4.69) is 0 Å². The predicted octanol–water partition coefficient (Wildman–Crippen LogP) is -1.41. The van der Waals surface area contributed by atoms with Crippen LogP contribution in [0.5, 0.6) is 0 Å². The van der Waals surface area contributed by atoms with E-state index >= 15 is 0 Å². The fraction of sp³-hybridized carbons (Fsp3) is 0.533. The van der Waals surface area contributed by atoms with Crippen molar-refractivity contribution >= 4 is 11.9 Å². The molecule has 1 saturated heterocycles. The van der Waals surface area contributed by atoms with E-state index in [9.17, 15) is 20.1 Å². The lowest BCUT2D eigenvalue weighted by atomic mass is 9.92. The van der Waals surface area contributed by atoms with Crippen molar-refractivity contribution < 1.29 is 39.5 Å². The quantitative estimate of drug-likeness (QED) is 0.401. The fourth-order valence-corrected chi connectivity index (χ4v) is 2.36. The summed E-state index contributed by atoms with van der Waals surface area (Å²) in [6, 6.07) is 3.16. The van der Waals surface area contributed by atoms with Crippen LogP contribution >= 0.6 is 0 Å². The minimum atomic E-state index is -1.50. The molecule has 0 aliphatic carbocycles. The molecule has 1 aliphatic rings. The highest BCUT2D eigenvalue weighted by Crippen LogP contribution is 2.23. The van der Waals surface area contributed by atoms with Crippen molar-refractivity contribution in [2.24, 2.45) is 0 Å². The summed E-state index contributed by atoms with van der Waals surface area (Å²) in [6.07, 6.45) is -4.05. The summed E-state index contributed by atoms with van der Waals surface area (Å²) >= 11 is 0. The Balaban J connectivity index is 1.95. The van der Waals surface area contributed by atoms with Gasteiger partial charge in [0.2, 0.25) is 0 Å². The van der Waals surface area contributed by atoms with Crippen LogP contribution in [0, 0.1) is 0 Å². The summed E-state index contributed by atoms with van der Waals surface area (Å²) in [6.45, 7) is -0.783. The third kappa shape index (κ3) is 4.25. The molecule has 0 spiro atoms. The number of furan rings is 1. The Hall–Kier alpha value is -1.55. The second-order valence-corrected chi connectivity index (χ2v) is 5.33. The molecule has 0 radical (unpaired) electrons. The molecule has 0 amide bonds. The lowest BCUT2D eigenvalue weighted by molar-refractivity contribution is -0.229. The zero-order chi connectivity index (χ0) is 17.0. The molecule has 1 aromatic heterocycles. The van der Waals surface area contributed by atoms with Crippen LogP contribution in [0.3, 0.4) is 0 Å². The summed E-state index contributed by atoms with van der Waals surface area (Å²) in [5.74, 6) is 0.360. The Bertz CT molecular complexity index is 549. The Kier molecular flexibility index (Phi) is 6.05. The second-order valence-electron chi connectivity index (χ2n) is 5.33. The van der Waals surface area contributed by atoms with E-state index in [0.717, 1.165) is 0 Å². The highest BCUT2D eigenvalue weighted by molar-refractivity contribution is 5.93. The summed E-state index contributed by atoms with van der Waals surface area (Å²) in [7, 11) is 0. The van der Waals surface area contributed by atoms with E-state index < -0.39 is 42.9 Å². The van der Waals surface area contributed by atoms with Crippen molar-refractivity contribution in [3.8, 4) is 0 Å². The van der Waals surface area contributed by atoms with E-state index in [0.29, 0.717) is 11.5 Å². The molecule has 1 aromatic rings. The molecule has 0 unspecified atom stereocenters. The number of ketones is 1. The van der Waals surface area contributed by atoms with Gasteiger partial charge in [0.25, 0.3) is 0 Å². The third-order valence-corrected chi connectivity index (χ3v) is 3.67. The molecule has 1 aliphatic heterocycles. The Morgan fingerprint density at radius 1 is 1.09 bits per heavy atom. The molecule has 5 atom stereocenters. The maximum atomic E-state index is 11.9. The van der Waals surface area contributed by atoms with Crippen LogP contribution in [0.4, 0.5) is 0 Å². The van der Waals surface area contributed by atoms with Crippen molar-refractivity contribution in [3.05, 3.63) is 29.7 Å². The van der Waals surface area contributed by atoms with Gasteiger partial charge in [0.1, 0.15) is 42.5 Å². The van der Waals surface area contributed by atoms with E-state index in [4.69, 9.17) is 19.4 Å². The highest BCUT2D eigenvalue weighted by atomic mass is 16.5. The zero-order valence-electron chi connectivity index (χ0n) is 12.3. The number of hydrogen-bond donors (Lipinski definition) is 5. The van der Waals surface area contributed by atoms with Crippen molar-refractivity contribution in [1.82, 2.24) is 0 Å². The van der Waals surface area contributed by atoms with Crippen LogP contribution < -0.4 is 0 Å².